The van der Waals surface area contributed by atoms with Gasteiger partial charge >= 0.3 is 5.97 Å². The average molecular weight is 287 g/mol. The number of aliphatic carboxylic acids is 1. The minimum absolute atomic E-state index is 0.0647. The van der Waals surface area contributed by atoms with Gasteiger partial charge in [0.15, 0.2) is 6.29 Å². The first-order valence-electron chi connectivity index (χ1n) is 6.50. The normalized spacial score (nSPS) is 12.1. The molecule has 0 amide bonds. The molecule has 0 bridgehead atoms. The summed E-state index contributed by atoms with van der Waals surface area (Å²) in [7, 11) is 0. The molecule has 2 rings (SSSR count). The van der Waals surface area contributed by atoms with E-state index in [9.17, 15) is 9.59 Å². The zero-order chi connectivity index (χ0) is 15.7. The van der Waals surface area contributed by atoms with Crippen LogP contribution in [0.5, 0.6) is 0 Å². The Labute approximate surface area is 122 Å². The van der Waals surface area contributed by atoms with Crippen molar-refractivity contribution in [3.05, 3.63) is 34.9 Å². The van der Waals surface area contributed by atoms with E-state index < -0.39 is 12.0 Å². The van der Waals surface area contributed by atoms with Gasteiger partial charge < -0.3 is 10.8 Å². The molecule has 3 N–H and O–H groups in total. The zero-order valence-electron chi connectivity index (χ0n) is 12.1. The first-order chi connectivity index (χ1) is 9.86. The van der Waals surface area contributed by atoms with Crippen LogP contribution >= 0.6 is 0 Å². The SMILES string of the molecule is Cc1ccc(-c2nn(C(C)C(=O)O)c(N)c2C=O)c(C)c1. The predicted octanol–water partition coefficient (Wildman–Crippen LogP) is 2.21. The average Bonchev–Trinajstić information content (AvgIpc) is 2.74. The molecule has 0 aliphatic rings. The fourth-order valence-electron chi connectivity index (χ4n) is 2.25. The molecule has 0 saturated carbocycles. The molecule has 110 valence electrons. The summed E-state index contributed by atoms with van der Waals surface area (Å²) in [6.07, 6.45) is 0.613. The fraction of sp³-hybridized carbons (Fsp3) is 0.267. The molecule has 6 heteroatoms. The van der Waals surface area contributed by atoms with Gasteiger partial charge in [-0.25, -0.2) is 9.48 Å². The van der Waals surface area contributed by atoms with E-state index in [1.165, 1.54) is 11.6 Å². The van der Waals surface area contributed by atoms with Gasteiger partial charge in [0.25, 0.3) is 0 Å². The molecule has 21 heavy (non-hydrogen) atoms. The van der Waals surface area contributed by atoms with Crippen molar-refractivity contribution in [1.82, 2.24) is 9.78 Å². The highest BCUT2D eigenvalue weighted by atomic mass is 16.4. The highest BCUT2D eigenvalue weighted by Crippen LogP contribution is 2.30. The summed E-state index contributed by atoms with van der Waals surface area (Å²) >= 11 is 0. The monoisotopic (exact) mass is 287 g/mol. The predicted molar refractivity (Wildman–Crippen MR) is 79.3 cm³/mol. The van der Waals surface area contributed by atoms with Crippen LogP contribution in [0.25, 0.3) is 11.3 Å². The van der Waals surface area contributed by atoms with Crippen molar-refractivity contribution < 1.29 is 14.7 Å². The van der Waals surface area contributed by atoms with E-state index in [0.29, 0.717) is 12.0 Å². The minimum atomic E-state index is -1.06. The maximum Gasteiger partial charge on any atom is 0.328 e. The second kappa shape index (κ2) is 5.40. The van der Waals surface area contributed by atoms with Gasteiger partial charge in [-0.05, 0) is 26.3 Å². The van der Waals surface area contributed by atoms with E-state index in [-0.39, 0.29) is 11.4 Å². The number of carbonyl (C=O) groups is 2. The molecular formula is C15H17N3O3. The Bertz CT molecular complexity index is 719. The number of aryl methyl sites for hydroxylation is 2. The molecule has 1 unspecified atom stereocenters. The van der Waals surface area contributed by atoms with E-state index in [2.05, 4.69) is 5.10 Å². The Hall–Kier alpha value is -2.63. The lowest BCUT2D eigenvalue weighted by molar-refractivity contribution is -0.140. The molecular weight excluding hydrogens is 270 g/mol. The number of anilines is 1. The number of hydrogen-bond acceptors (Lipinski definition) is 4. The second-order valence-corrected chi connectivity index (χ2v) is 5.04. The second-order valence-electron chi connectivity index (χ2n) is 5.04. The van der Waals surface area contributed by atoms with Crippen LogP contribution < -0.4 is 5.73 Å². The third-order valence-corrected chi connectivity index (χ3v) is 3.46. The first kappa shape index (κ1) is 14.8. The highest BCUT2D eigenvalue weighted by Gasteiger charge is 2.23. The number of nitrogens with zero attached hydrogens (tertiary/aromatic N) is 2. The lowest BCUT2D eigenvalue weighted by Gasteiger charge is -2.08. The molecule has 1 atom stereocenters. The Morgan fingerprint density at radius 1 is 1.43 bits per heavy atom. The van der Waals surface area contributed by atoms with Crippen molar-refractivity contribution in [2.24, 2.45) is 0 Å². The van der Waals surface area contributed by atoms with Crippen LogP contribution in [-0.2, 0) is 4.79 Å². The maximum atomic E-state index is 11.3. The van der Waals surface area contributed by atoms with Crippen LogP contribution in [0.15, 0.2) is 18.2 Å². The number of hydrogen-bond donors (Lipinski definition) is 2. The summed E-state index contributed by atoms with van der Waals surface area (Å²) in [5.74, 6) is -0.997. The Kier molecular flexibility index (Phi) is 3.80. The molecule has 1 aromatic carbocycles. The molecule has 1 aromatic heterocycles. The summed E-state index contributed by atoms with van der Waals surface area (Å²) in [5, 5.41) is 13.3. The smallest absolute Gasteiger partial charge is 0.328 e. The van der Waals surface area contributed by atoms with Gasteiger partial charge in [0.05, 0.1) is 5.56 Å². The van der Waals surface area contributed by atoms with E-state index in [1.807, 2.05) is 32.0 Å². The van der Waals surface area contributed by atoms with E-state index in [4.69, 9.17) is 10.8 Å². The molecule has 2 aromatic rings. The molecule has 0 radical (unpaired) electrons. The van der Waals surface area contributed by atoms with Crippen molar-refractivity contribution in [2.45, 2.75) is 26.8 Å². The van der Waals surface area contributed by atoms with Crippen LogP contribution in [0, 0.1) is 13.8 Å². The minimum Gasteiger partial charge on any atom is -0.480 e. The lowest BCUT2D eigenvalue weighted by atomic mass is 10.0. The van der Waals surface area contributed by atoms with Crippen molar-refractivity contribution in [2.75, 3.05) is 5.73 Å². The molecule has 0 aliphatic heterocycles. The quantitative estimate of drug-likeness (QED) is 0.840. The maximum absolute atomic E-state index is 11.3. The molecule has 0 aliphatic carbocycles. The van der Waals surface area contributed by atoms with Crippen molar-refractivity contribution in [3.63, 3.8) is 0 Å². The molecule has 0 spiro atoms. The van der Waals surface area contributed by atoms with Gasteiger partial charge in [0.1, 0.15) is 17.6 Å². The number of carboxylic acids is 1. The molecule has 1 heterocycles. The molecule has 0 fully saturated rings. The van der Waals surface area contributed by atoms with Crippen molar-refractivity contribution in [1.29, 1.82) is 0 Å². The van der Waals surface area contributed by atoms with Crippen molar-refractivity contribution >= 4 is 18.1 Å². The van der Waals surface area contributed by atoms with Gasteiger partial charge in [-0.3, -0.25) is 4.79 Å². The highest BCUT2D eigenvalue weighted by molar-refractivity contribution is 5.92. The number of aromatic nitrogens is 2. The largest absolute Gasteiger partial charge is 0.480 e. The first-order valence-corrected chi connectivity index (χ1v) is 6.50. The van der Waals surface area contributed by atoms with Gasteiger partial charge in [0, 0.05) is 5.56 Å². The van der Waals surface area contributed by atoms with Gasteiger partial charge in [-0.1, -0.05) is 23.8 Å². The topological polar surface area (TPSA) is 98.2 Å². The van der Waals surface area contributed by atoms with Crippen LogP contribution in [-0.4, -0.2) is 27.1 Å². The number of aldehydes is 1. The zero-order valence-corrected chi connectivity index (χ0v) is 12.1. The summed E-state index contributed by atoms with van der Waals surface area (Å²) < 4.78 is 1.17. The van der Waals surface area contributed by atoms with Gasteiger partial charge in [-0.2, -0.15) is 5.10 Å². The number of nitrogen functional groups attached to an aromatic ring is 1. The number of nitrogens with two attached hydrogens (primary N) is 1. The summed E-state index contributed by atoms with van der Waals surface area (Å²) in [4.78, 5) is 22.4. The third kappa shape index (κ3) is 2.52. The van der Waals surface area contributed by atoms with Gasteiger partial charge in [-0.15, -0.1) is 0 Å². The fourth-order valence-corrected chi connectivity index (χ4v) is 2.25. The van der Waals surface area contributed by atoms with E-state index in [0.717, 1.165) is 16.7 Å². The van der Waals surface area contributed by atoms with Crippen molar-refractivity contribution in [3.8, 4) is 11.3 Å². The van der Waals surface area contributed by atoms with Crippen LogP contribution in [0.1, 0.15) is 34.5 Å². The van der Waals surface area contributed by atoms with Crippen LogP contribution in [0.4, 0.5) is 5.82 Å². The van der Waals surface area contributed by atoms with E-state index >= 15 is 0 Å². The molecule has 0 saturated heterocycles. The number of rotatable bonds is 4. The Morgan fingerprint density at radius 2 is 2.10 bits per heavy atom. The Balaban J connectivity index is 2.66. The summed E-state index contributed by atoms with van der Waals surface area (Å²) in [5.41, 5.74) is 9.32. The number of carbonyl (C=O) groups excluding carboxylic acids is 1. The lowest BCUT2D eigenvalue weighted by Crippen LogP contribution is -2.18. The van der Waals surface area contributed by atoms with Crippen LogP contribution in [0.3, 0.4) is 0 Å². The number of benzene rings is 1. The standard InChI is InChI=1S/C15H17N3O3/c1-8-4-5-11(9(2)6-8)13-12(7-19)14(16)18(17-13)10(3)15(20)21/h4-7,10H,16H2,1-3H3,(H,20,21). The summed E-state index contributed by atoms with van der Waals surface area (Å²) in [6, 6.07) is 4.80. The van der Waals surface area contributed by atoms with E-state index in [1.54, 1.807) is 0 Å². The van der Waals surface area contributed by atoms with Gasteiger partial charge in [0.2, 0.25) is 0 Å². The third-order valence-electron chi connectivity index (χ3n) is 3.46. The Morgan fingerprint density at radius 3 is 2.62 bits per heavy atom. The molecule has 6 nitrogen and oxygen atoms in total. The van der Waals surface area contributed by atoms with Crippen LogP contribution in [0.2, 0.25) is 0 Å². The number of carboxylic acid groups (broad SMARTS) is 1. The summed E-state index contributed by atoms with van der Waals surface area (Å²) in [6.45, 7) is 5.34.